The summed E-state index contributed by atoms with van der Waals surface area (Å²) in [7, 11) is 0. The Kier molecular flexibility index (Phi) is 3.38. The van der Waals surface area contributed by atoms with Gasteiger partial charge in [-0.1, -0.05) is 19.8 Å². The van der Waals surface area contributed by atoms with Gasteiger partial charge >= 0.3 is 6.87 Å². The molecule has 11 heavy (non-hydrogen) atoms. The molecule has 0 spiro atoms. The van der Waals surface area contributed by atoms with Crippen molar-refractivity contribution in [3.63, 3.8) is 0 Å². The third kappa shape index (κ3) is 3.12. The standard InChI is InChI=1S/C6H13ClNO2P/c1-2-3-4-6-5-10-11(7,9)8-6/h6H,2-5H2,1H3,(H,8,9). The van der Waals surface area contributed by atoms with Gasteiger partial charge in [0.25, 0.3) is 0 Å². The van der Waals surface area contributed by atoms with E-state index in [2.05, 4.69) is 12.0 Å². The Morgan fingerprint density at radius 2 is 2.55 bits per heavy atom. The van der Waals surface area contributed by atoms with Gasteiger partial charge in [-0.05, 0) is 17.7 Å². The molecule has 0 radical (unpaired) electrons. The van der Waals surface area contributed by atoms with Gasteiger partial charge < -0.3 is 4.52 Å². The van der Waals surface area contributed by atoms with E-state index in [1.807, 2.05) is 0 Å². The molecule has 2 atom stereocenters. The average Bonchev–Trinajstić information content (AvgIpc) is 2.26. The van der Waals surface area contributed by atoms with Crippen LogP contribution in [-0.2, 0) is 9.09 Å². The summed E-state index contributed by atoms with van der Waals surface area (Å²) in [5.41, 5.74) is 0. The van der Waals surface area contributed by atoms with E-state index >= 15 is 0 Å². The Labute approximate surface area is 71.7 Å². The second-order valence-corrected chi connectivity index (χ2v) is 5.55. The minimum Gasteiger partial charge on any atom is -0.305 e. The van der Waals surface area contributed by atoms with Crippen molar-refractivity contribution in [2.75, 3.05) is 6.61 Å². The van der Waals surface area contributed by atoms with Gasteiger partial charge in [0.05, 0.1) is 6.61 Å². The molecule has 0 aromatic carbocycles. The van der Waals surface area contributed by atoms with E-state index in [0.717, 1.165) is 19.3 Å². The van der Waals surface area contributed by atoms with Crippen molar-refractivity contribution >= 4 is 18.1 Å². The molecule has 3 nitrogen and oxygen atoms in total. The SMILES string of the molecule is CCCCC1COP(=O)(Cl)N1. The lowest BCUT2D eigenvalue weighted by atomic mass is 10.1. The first kappa shape index (κ1) is 9.53. The summed E-state index contributed by atoms with van der Waals surface area (Å²) in [5.74, 6) is 0. The first-order valence-electron chi connectivity index (χ1n) is 3.86. The number of nitrogens with one attached hydrogen (secondary N) is 1. The van der Waals surface area contributed by atoms with Crippen LogP contribution in [0.25, 0.3) is 0 Å². The molecule has 1 aliphatic heterocycles. The fourth-order valence-electron chi connectivity index (χ4n) is 1.08. The molecule has 1 rings (SSSR count). The van der Waals surface area contributed by atoms with Crippen molar-refractivity contribution in [1.82, 2.24) is 5.09 Å². The lowest BCUT2D eigenvalue weighted by Gasteiger charge is -2.05. The summed E-state index contributed by atoms with van der Waals surface area (Å²) in [6.07, 6.45) is 3.26. The van der Waals surface area contributed by atoms with E-state index in [9.17, 15) is 4.57 Å². The van der Waals surface area contributed by atoms with Crippen LogP contribution in [0.2, 0.25) is 0 Å². The molecule has 0 saturated carbocycles. The summed E-state index contributed by atoms with van der Waals surface area (Å²) < 4.78 is 15.9. The molecule has 66 valence electrons. The van der Waals surface area contributed by atoms with Crippen molar-refractivity contribution in [3.05, 3.63) is 0 Å². The summed E-state index contributed by atoms with van der Waals surface area (Å²) in [4.78, 5) is 0. The summed E-state index contributed by atoms with van der Waals surface area (Å²) in [6, 6.07) is 0.193. The van der Waals surface area contributed by atoms with E-state index in [0.29, 0.717) is 6.61 Å². The highest BCUT2D eigenvalue weighted by Gasteiger charge is 2.31. The average molecular weight is 198 g/mol. The Hall–Kier alpha value is 0.440. The molecule has 1 aliphatic rings. The molecule has 0 bridgehead atoms. The van der Waals surface area contributed by atoms with E-state index in [4.69, 9.17) is 15.8 Å². The van der Waals surface area contributed by atoms with Crippen molar-refractivity contribution < 1.29 is 9.09 Å². The molecule has 1 fully saturated rings. The van der Waals surface area contributed by atoms with Gasteiger partial charge in [0.2, 0.25) is 0 Å². The van der Waals surface area contributed by atoms with Gasteiger partial charge in [-0.25, -0.2) is 5.09 Å². The second kappa shape index (κ2) is 3.90. The number of halogens is 1. The van der Waals surface area contributed by atoms with Gasteiger partial charge in [0.15, 0.2) is 0 Å². The summed E-state index contributed by atoms with van der Waals surface area (Å²) in [5, 5.41) is 2.76. The number of hydrogen-bond acceptors (Lipinski definition) is 2. The first-order chi connectivity index (χ1) is 5.14. The number of hydrogen-bond donors (Lipinski definition) is 1. The molecule has 1 N–H and O–H groups in total. The molecule has 0 amide bonds. The fourth-order valence-corrected chi connectivity index (χ4v) is 2.75. The van der Waals surface area contributed by atoms with Gasteiger partial charge in [-0.3, -0.25) is 4.57 Å². The molecule has 2 unspecified atom stereocenters. The zero-order valence-electron chi connectivity index (χ0n) is 6.55. The van der Waals surface area contributed by atoms with Gasteiger partial charge in [0, 0.05) is 6.04 Å². The predicted octanol–water partition coefficient (Wildman–Crippen LogP) is 2.51. The van der Waals surface area contributed by atoms with Gasteiger partial charge in [-0.15, -0.1) is 0 Å². The molecular formula is C6H13ClNO2P. The normalized spacial score (nSPS) is 37.8. The topological polar surface area (TPSA) is 38.3 Å². The summed E-state index contributed by atoms with van der Waals surface area (Å²) in [6.45, 7) is -0.309. The molecule has 0 aromatic heterocycles. The Balaban J connectivity index is 2.25. The zero-order chi connectivity index (χ0) is 8.32. The Bertz CT molecular complexity index is 176. The third-order valence-corrected chi connectivity index (χ3v) is 3.42. The van der Waals surface area contributed by atoms with Crippen LogP contribution in [0, 0.1) is 0 Å². The zero-order valence-corrected chi connectivity index (χ0v) is 8.20. The van der Waals surface area contributed by atoms with Crippen LogP contribution in [0.15, 0.2) is 0 Å². The second-order valence-electron chi connectivity index (χ2n) is 2.74. The smallest absolute Gasteiger partial charge is 0.305 e. The van der Waals surface area contributed by atoms with E-state index < -0.39 is 6.87 Å². The lowest BCUT2D eigenvalue weighted by Crippen LogP contribution is -2.20. The third-order valence-electron chi connectivity index (χ3n) is 1.68. The van der Waals surface area contributed by atoms with E-state index in [1.54, 1.807) is 0 Å². The fraction of sp³-hybridized carbons (Fsp3) is 1.00. The highest BCUT2D eigenvalue weighted by molar-refractivity contribution is 7.83. The maximum atomic E-state index is 11.0. The number of unbranched alkanes of at least 4 members (excludes halogenated alkanes) is 1. The highest BCUT2D eigenvalue weighted by Crippen LogP contribution is 2.52. The van der Waals surface area contributed by atoms with E-state index in [-0.39, 0.29) is 6.04 Å². The molecule has 0 aromatic rings. The van der Waals surface area contributed by atoms with Crippen molar-refractivity contribution in [2.45, 2.75) is 32.2 Å². The molecule has 1 heterocycles. The molecule has 1 saturated heterocycles. The van der Waals surface area contributed by atoms with Gasteiger partial charge in [-0.2, -0.15) is 0 Å². The van der Waals surface area contributed by atoms with Crippen LogP contribution >= 0.6 is 18.1 Å². The highest BCUT2D eigenvalue weighted by atomic mass is 35.7. The maximum Gasteiger partial charge on any atom is 0.360 e. The van der Waals surface area contributed by atoms with Crippen LogP contribution in [0.1, 0.15) is 26.2 Å². The van der Waals surface area contributed by atoms with Crippen molar-refractivity contribution in [3.8, 4) is 0 Å². The lowest BCUT2D eigenvalue weighted by molar-refractivity contribution is 0.332. The van der Waals surface area contributed by atoms with Crippen LogP contribution in [0.5, 0.6) is 0 Å². The maximum absolute atomic E-state index is 11.0. The van der Waals surface area contributed by atoms with Gasteiger partial charge in [0.1, 0.15) is 0 Å². The first-order valence-corrected chi connectivity index (χ1v) is 6.39. The number of rotatable bonds is 3. The summed E-state index contributed by atoms with van der Waals surface area (Å²) >= 11 is 5.46. The Morgan fingerprint density at radius 3 is 3.00 bits per heavy atom. The van der Waals surface area contributed by atoms with Crippen LogP contribution in [0.3, 0.4) is 0 Å². The predicted molar refractivity (Wildman–Crippen MR) is 45.9 cm³/mol. The van der Waals surface area contributed by atoms with E-state index in [1.165, 1.54) is 0 Å². The molecular weight excluding hydrogens is 184 g/mol. The molecule has 5 heteroatoms. The quantitative estimate of drug-likeness (QED) is 0.707. The van der Waals surface area contributed by atoms with Crippen molar-refractivity contribution in [1.29, 1.82) is 0 Å². The van der Waals surface area contributed by atoms with Crippen LogP contribution in [-0.4, -0.2) is 12.6 Å². The minimum absolute atomic E-state index is 0.193. The molecule has 0 aliphatic carbocycles. The van der Waals surface area contributed by atoms with Crippen molar-refractivity contribution in [2.24, 2.45) is 0 Å². The Morgan fingerprint density at radius 1 is 1.82 bits per heavy atom. The minimum atomic E-state index is -2.92. The van der Waals surface area contributed by atoms with Crippen LogP contribution in [0.4, 0.5) is 0 Å². The monoisotopic (exact) mass is 197 g/mol. The van der Waals surface area contributed by atoms with Crippen LogP contribution < -0.4 is 5.09 Å². The largest absolute Gasteiger partial charge is 0.360 e.